The Hall–Kier alpha value is 0.270. The molecular weight excluding hydrogens is 194 g/mol. The van der Waals surface area contributed by atoms with E-state index in [1.165, 1.54) is 25.0 Å². The highest BCUT2D eigenvalue weighted by molar-refractivity contribution is 7.99. The third kappa shape index (κ3) is 7.65. The van der Waals surface area contributed by atoms with Crippen LogP contribution in [0.3, 0.4) is 0 Å². The molecule has 3 N–H and O–H groups in total. The third-order valence-corrected chi connectivity index (χ3v) is 3.53. The molecule has 0 spiro atoms. The first kappa shape index (κ1) is 14.3. The summed E-state index contributed by atoms with van der Waals surface area (Å²) in [5.74, 6) is 1.22. The van der Waals surface area contributed by atoms with Gasteiger partial charge in [-0.1, -0.05) is 26.7 Å². The molecule has 0 saturated heterocycles. The fourth-order valence-electron chi connectivity index (χ4n) is 1.42. The Morgan fingerprint density at radius 1 is 1.43 bits per heavy atom. The lowest BCUT2D eigenvalue weighted by Crippen LogP contribution is -2.42. The number of aliphatic hydroxyl groups is 1. The lowest BCUT2D eigenvalue weighted by atomic mass is 9.99. The zero-order valence-corrected chi connectivity index (χ0v) is 10.6. The van der Waals surface area contributed by atoms with E-state index in [0.717, 1.165) is 6.42 Å². The van der Waals surface area contributed by atoms with E-state index in [4.69, 9.17) is 10.8 Å². The summed E-state index contributed by atoms with van der Waals surface area (Å²) in [4.78, 5) is 0. The van der Waals surface area contributed by atoms with Gasteiger partial charge in [-0.05, 0) is 25.5 Å². The largest absolute Gasteiger partial charge is 0.394 e. The Morgan fingerprint density at radius 2 is 2.07 bits per heavy atom. The average molecular weight is 219 g/mol. The molecule has 3 heteroatoms. The molecule has 0 aromatic rings. The fraction of sp³-hybridized carbons (Fsp3) is 1.00. The van der Waals surface area contributed by atoms with Crippen LogP contribution in [0.15, 0.2) is 0 Å². The molecule has 0 aromatic heterocycles. The summed E-state index contributed by atoms with van der Waals surface area (Å²) < 4.78 is 0. The molecule has 0 saturated carbocycles. The minimum atomic E-state index is -0.406. The standard InChI is InChI=1S/C11H25NOS/c1-4-5-6-7-14-10(2)8-11(3,12)9-13/h10,13H,4-9,12H2,1-3H3. The van der Waals surface area contributed by atoms with Crippen molar-refractivity contribution in [2.45, 2.75) is 57.2 Å². The van der Waals surface area contributed by atoms with Crippen molar-refractivity contribution >= 4 is 11.8 Å². The number of aliphatic hydroxyl groups excluding tert-OH is 1. The SMILES string of the molecule is CCCCCSC(C)CC(C)(N)CO. The summed E-state index contributed by atoms with van der Waals surface area (Å²) in [5.41, 5.74) is 5.48. The quantitative estimate of drug-likeness (QED) is 0.616. The number of thioether (sulfide) groups is 1. The molecular formula is C11H25NOS. The van der Waals surface area contributed by atoms with Crippen LogP contribution in [0.2, 0.25) is 0 Å². The van der Waals surface area contributed by atoms with E-state index in [1.807, 2.05) is 18.7 Å². The van der Waals surface area contributed by atoms with E-state index in [2.05, 4.69) is 13.8 Å². The summed E-state index contributed by atoms with van der Waals surface area (Å²) in [5, 5.41) is 9.57. The highest BCUT2D eigenvalue weighted by Crippen LogP contribution is 2.21. The second-order valence-electron chi connectivity index (χ2n) is 4.40. The minimum absolute atomic E-state index is 0.0762. The van der Waals surface area contributed by atoms with Gasteiger partial charge in [0.2, 0.25) is 0 Å². The van der Waals surface area contributed by atoms with Crippen LogP contribution in [-0.4, -0.2) is 28.3 Å². The van der Waals surface area contributed by atoms with Crippen LogP contribution in [-0.2, 0) is 0 Å². The molecule has 0 aliphatic heterocycles. The zero-order chi connectivity index (χ0) is 11.0. The maximum absolute atomic E-state index is 9.02. The lowest BCUT2D eigenvalue weighted by Gasteiger charge is -2.25. The van der Waals surface area contributed by atoms with Crippen LogP contribution >= 0.6 is 11.8 Å². The van der Waals surface area contributed by atoms with Crippen molar-refractivity contribution in [2.75, 3.05) is 12.4 Å². The number of hydrogen-bond donors (Lipinski definition) is 2. The van der Waals surface area contributed by atoms with Gasteiger partial charge in [-0.2, -0.15) is 11.8 Å². The van der Waals surface area contributed by atoms with Gasteiger partial charge >= 0.3 is 0 Å². The molecule has 86 valence electrons. The molecule has 0 aromatic carbocycles. The molecule has 2 nitrogen and oxygen atoms in total. The van der Waals surface area contributed by atoms with Gasteiger partial charge < -0.3 is 10.8 Å². The van der Waals surface area contributed by atoms with Crippen molar-refractivity contribution in [1.29, 1.82) is 0 Å². The summed E-state index contributed by atoms with van der Waals surface area (Å²) in [6, 6.07) is 0. The van der Waals surface area contributed by atoms with Crippen molar-refractivity contribution in [1.82, 2.24) is 0 Å². The van der Waals surface area contributed by atoms with Crippen LogP contribution in [0.25, 0.3) is 0 Å². The van der Waals surface area contributed by atoms with Gasteiger partial charge in [0.15, 0.2) is 0 Å². The molecule has 0 aliphatic rings. The minimum Gasteiger partial charge on any atom is -0.394 e. The first-order valence-corrected chi connectivity index (χ1v) is 6.58. The van der Waals surface area contributed by atoms with Gasteiger partial charge in [-0.15, -0.1) is 0 Å². The van der Waals surface area contributed by atoms with Crippen LogP contribution in [0, 0.1) is 0 Å². The predicted molar refractivity (Wildman–Crippen MR) is 65.7 cm³/mol. The number of rotatable bonds is 8. The van der Waals surface area contributed by atoms with Gasteiger partial charge in [0, 0.05) is 10.8 Å². The first-order valence-electron chi connectivity index (χ1n) is 5.53. The third-order valence-electron chi connectivity index (χ3n) is 2.27. The molecule has 0 amide bonds. The van der Waals surface area contributed by atoms with Gasteiger partial charge in [0.1, 0.15) is 0 Å². The topological polar surface area (TPSA) is 46.2 Å². The molecule has 14 heavy (non-hydrogen) atoms. The smallest absolute Gasteiger partial charge is 0.0608 e. The van der Waals surface area contributed by atoms with E-state index < -0.39 is 5.54 Å². The molecule has 2 atom stereocenters. The van der Waals surface area contributed by atoms with Crippen molar-refractivity contribution in [3.8, 4) is 0 Å². The van der Waals surface area contributed by atoms with Crippen LogP contribution < -0.4 is 5.73 Å². The lowest BCUT2D eigenvalue weighted by molar-refractivity contribution is 0.201. The molecule has 0 aliphatic carbocycles. The van der Waals surface area contributed by atoms with E-state index >= 15 is 0 Å². The van der Waals surface area contributed by atoms with Crippen LogP contribution in [0.5, 0.6) is 0 Å². The summed E-state index contributed by atoms with van der Waals surface area (Å²) >= 11 is 1.97. The van der Waals surface area contributed by atoms with Gasteiger partial charge in [-0.3, -0.25) is 0 Å². The first-order chi connectivity index (χ1) is 6.52. The summed E-state index contributed by atoms with van der Waals surface area (Å²) in [7, 11) is 0. The normalized spacial score (nSPS) is 17.8. The molecule has 0 fully saturated rings. The van der Waals surface area contributed by atoms with Crippen LogP contribution in [0.1, 0.15) is 46.5 Å². The molecule has 0 heterocycles. The molecule has 0 rings (SSSR count). The monoisotopic (exact) mass is 219 g/mol. The molecule has 0 bridgehead atoms. The maximum Gasteiger partial charge on any atom is 0.0608 e. The summed E-state index contributed by atoms with van der Waals surface area (Å²) in [6.45, 7) is 6.40. The maximum atomic E-state index is 9.02. The molecule has 0 radical (unpaired) electrons. The van der Waals surface area contributed by atoms with E-state index in [1.54, 1.807) is 0 Å². The van der Waals surface area contributed by atoms with E-state index in [9.17, 15) is 0 Å². The van der Waals surface area contributed by atoms with Gasteiger partial charge in [0.25, 0.3) is 0 Å². The Balaban J connectivity index is 3.49. The van der Waals surface area contributed by atoms with E-state index in [-0.39, 0.29) is 6.61 Å². The van der Waals surface area contributed by atoms with Crippen molar-refractivity contribution in [3.63, 3.8) is 0 Å². The van der Waals surface area contributed by atoms with E-state index in [0.29, 0.717) is 5.25 Å². The number of hydrogen-bond acceptors (Lipinski definition) is 3. The average Bonchev–Trinajstić information content (AvgIpc) is 2.12. The Bertz CT molecular complexity index is 139. The van der Waals surface area contributed by atoms with Crippen molar-refractivity contribution in [3.05, 3.63) is 0 Å². The van der Waals surface area contributed by atoms with Crippen molar-refractivity contribution in [2.24, 2.45) is 5.73 Å². The molecule has 2 unspecified atom stereocenters. The predicted octanol–water partition coefficient (Wildman–Crippen LogP) is 2.40. The fourth-order valence-corrected chi connectivity index (χ4v) is 2.69. The second kappa shape index (κ2) is 7.55. The summed E-state index contributed by atoms with van der Waals surface area (Å²) in [6.07, 6.45) is 4.78. The van der Waals surface area contributed by atoms with Gasteiger partial charge in [0.05, 0.1) is 6.61 Å². The highest BCUT2D eigenvalue weighted by Gasteiger charge is 2.20. The second-order valence-corrected chi connectivity index (χ2v) is 5.95. The zero-order valence-electron chi connectivity index (χ0n) is 9.75. The Morgan fingerprint density at radius 3 is 2.57 bits per heavy atom. The van der Waals surface area contributed by atoms with Crippen molar-refractivity contribution < 1.29 is 5.11 Å². The number of unbranched alkanes of at least 4 members (excludes halogenated alkanes) is 2. The van der Waals surface area contributed by atoms with Crippen LogP contribution in [0.4, 0.5) is 0 Å². The highest BCUT2D eigenvalue weighted by atomic mass is 32.2. The Labute approximate surface area is 92.6 Å². The van der Waals surface area contributed by atoms with Gasteiger partial charge in [-0.25, -0.2) is 0 Å². The number of nitrogens with two attached hydrogens (primary N) is 1. The Kier molecular flexibility index (Phi) is 7.69.